The zero-order valence-electron chi connectivity index (χ0n) is 5.73. The van der Waals surface area contributed by atoms with Gasteiger partial charge in [0.05, 0.1) is 5.33 Å². The highest BCUT2D eigenvalue weighted by Gasteiger charge is 2.18. The van der Waals surface area contributed by atoms with Crippen molar-refractivity contribution in [3.63, 3.8) is 0 Å². The van der Waals surface area contributed by atoms with E-state index in [0.29, 0.717) is 0 Å². The molecule has 7 heteroatoms. The topological polar surface area (TPSA) is 54.5 Å². The van der Waals surface area contributed by atoms with Crippen molar-refractivity contribution in [3.8, 4) is 0 Å². The number of amides is 1. The molecule has 0 atom stereocenters. The quantitative estimate of drug-likeness (QED) is 0.569. The van der Waals surface area contributed by atoms with E-state index < -0.39 is 5.52 Å². The monoisotopic (exact) mass is 257 g/mol. The lowest BCUT2D eigenvalue weighted by molar-refractivity contribution is -0.126. The van der Waals surface area contributed by atoms with E-state index in [9.17, 15) is 13.9 Å². The minimum absolute atomic E-state index is 0.144. The summed E-state index contributed by atoms with van der Waals surface area (Å²) in [5, 5.41) is 0.144. The predicted octanol–water partition coefficient (Wildman–Crippen LogP) is 1.71. The maximum atomic E-state index is 10.9. The zero-order chi connectivity index (χ0) is 8.85. The summed E-state index contributed by atoms with van der Waals surface area (Å²) in [4.78, 5) is 12.0. The number of carbonyl (C=O) groups excluding carboxylic acids is 1. The van der Waals surface area contributed by atoms with Crippen LogP contribution in [0.15, 0.2) is 0 Å². The Morgan fingerprint density at radius 2 is 2.00 bits per heavy atom. The van der Waals surface area contributed by atoms with Crippen LogP contribution in [0.25, 0.3) is 0 Å². The largest absolute Gasteiger partial charge is 0.321 e. The minimum atomic E-state index is -0.764. The first-order valence-electron chi connectivity index (χ1n) is 2.64. The molecule has 0 aliphatic heterocycles. The average Bonchev–Trinajstić information content (AvgIpc) is 2.05. The van der Waals surface area contributed by atoms with Crippen LogP contribution in [0.2, 0.25) is 0 Å². The molecule has 0 aliphatic carbocycles. The van der Waals surface area contributed by atoms with Crippen molar-refractivity contribution < 1.29 is 13.9 Å². The van der Waals surface area contributed by atoms with E-state index in [1.54, 1.807) is 0 Å². The second kappa shape index (κ2) is 5.76. The third-order valence-corrected chi connectivity index (χ3v) is 3.16. The Balaban J connectivity index is 4.18. The van der Waals surface area contributed by atoms with Crippen molar-refractivity contribution in [2.45, 2.75) is 5.52 Å². The fourth-order valence-electron chi connectivity index (χ4n) is 0.384. The van der Waals surface area contributed by atoms with Gasteiger partial charge in [-0.2, -0.15) is 0 Å². The van der Waals surface area contributed by atoms with Crippen molar-refractivity contribution in [2.75, 3.05) is 12.4 Å². The molecule has 0 N–H and O–H groups in total. The zero-order valence-corrected chi connectivity index (χ0v) is 9.10. The number of hydrogen-bond acceptors (Lipinski definition) is 3. The van der Waals surface area contributed by atoms with E-state index in [2.05, 4.69) is 15.9 Å². The van der Waals surface area contributed by atoms with Crippen LogP contribution in [0.1, 0.15) is 0 Å². The Kier molecular flexibility index (Phi) is 5.83. The molecule has 11 heavy (non-hydrogen) atoms. The van der Waals surface area contributed by atoms with Gasteiger partial charge in [0, 0.05) is 7.05 Å². The van der Waals surface area contributed by atoms with Gasteiger partial charge in [-0.15, -0.1) is 0 Å². The Labute approximate surface area is 75.9 Å². The van der Waals surface area contributed by atoms with Crippen LogP contribution in [0.3, 0.4) is 0 Å². The van der Waals surface area contributed by atoms with Gasteiger partial charge >= 0.3 is 0 Å². The number of carbonyl (C=O) groups is 1. The normalized spacial score (nSPS) is 13.3. The second-order valence-corrected chi connectivity index (χ2v) is 4.06. The van der Waals surface area contributed by atoms with E-state index in [0.717, 1.165) is 4.90 Å². The van der Waals surface area contributed by atoms with Crippen molar-refractivity contribution in [2.24, 2.45) is 0 Å². The third kappa shape index (κ3) is 3.37. The van der Waals surface area contributed by atoms with Crippen LogP contribution in [-0.2, 0) is 13.9 Å². The second-order valence-electron chi connectivity index (χ2n) is 1.70. The summed E-state index contributed by atoms with van der Waals surface area (Å²) in [6.45, 7) is 0. The molecule has 0 aliphatic rings. The van der Waals surface area contributed by atoms with Crippen LogP contribution in [0.4, 0.5) is 0 Å². The Hall–Kier alpha value is 0.150. The van der Waals surface area contributed by atoms with Gasteiger partial charge in [0.25, 0.3) is 0 Å². The summed E-state index contributed by atoms with van der Waals surface area (Å²) >= 11 is 2.94. The number of nitrogens with zero attached hydrogens (tertiary/aromatic N) is 1. The highest BCUT2D eigenvalue weighted by molar-refractivity contribution is 9.09. The fraction of sp³-hybridized carbons (Fsp3) is 0.750. The van der Waals surface area contributed by atoms with Gasteiger partial charge < -0.3 is 4.90 Å². The molecule has 0 saturated heterocycles. The number of rotatable bonds is 4. The van der Waals surface area contributed by atoms with Crippen LogP contribution < -0.4 is 0 Å². The van der Waals surface area contributed by atoms with Crippen LogP contribution in [0, 0.1) is 0 Å². The standard InChI is InChI=1S/C4H6BrNO3P2/c1-6(3(7)2-5)4(10-8)11-9/h4H,2H2,1H3. The van der Waals surface area contributed by atoms with Crippen molar-refractivity contribution in [1.82, 2.24) is 4.90 Å². The Morgan fingerprint density at radius 1 is 1.55 bits per heavy atom. The molecule has 0 heterocycles. The first-order chi connectivity index (χ1) is 5.17. The van der Waals surface area contributed by atoms with Crippen LogP contribution in [0.5, 0.6) is 0 Å². The van der Waals surface area contributed by atoms with Crippen molar-refractivity contribution in [3.05, 3.63) is 0 Å². The lowest BCUT2D eigenvalue weighted by Crippen LogP contribution is -2.31. The molecular formula is C4H6BrNO3P2. The van der Waals surface area contributed by atoms with Gasteiger partial charge in [-0.25, -0.2) is 0 Å². The number of hydrogen-bond donors (Lipinski definition) is 0. The molecule has 0 rings (SSSR count). The molecular weight excluding hydrogens is 252 g/mol. The summed E-state index contributed by atoms with van der Waals surface area (Å²) in [5.41, 5.74) is -0.764. The average molecular weight is 258 g/mol. The predicted molar refractivity (Wildman–Crippen MR) is 45.6 cm³/mol. The summed E-state index contributed by atoms with van der Waals surface area (Å²) in [5.74, 6) is -0.248. The maximum absolute atomic E-state index is 10.9. The SMILES string of the molecule is CN(C(=O)CBr)C(P=O)P=O. The van der Waals surface area contributed by atoms with Crippen LogP contribution in [-0.4, -0.2) is 28.7 Å². The van der Waals surface area contributed by atoms with Gasteiger partial charge in [-0.3, -0.25) is 13.9 Å². The smallest absolute Gasteiger partial charge is 0.234 e. The third-order valence-electron chi connectivity index (χ3n) is 1.04. The molecule has 0 bridgehead atoms. The Morgan fingerprint density at radius 3 is 2.27 bits per heavy atom. The van der Waals surface area contributed by atoms with E-state index >= 15 is 0 Å². The van der Waals surface area contributed by atoms with Gasteiger partial charge in [0.1, 0.15) is 0 Å². The molecule has 4 nitrogen and oxygen atoms in total. The van der Waals surface area contributed by atoms with Crippen LogP contribution >= 0.6 is 32.9 Å². The van der Waals surface area contributed by atoms with E-state index in [1.807, 2.05) is 0 Å². The molecule has 0 unspecified atom stereocenters. The molecule has 0 aromatic heterocycles. The number of halogens is 1. The van der Waals surface area contributed by atoms with Gasteiger partial charge in [0.2, 0.25) is 5.91 Å². The van der Waals surface area contributed by atoms with E-state index in [-0.39, 0.29) is 28.2 Å². The fourth-order valence-corrected chi connectivity index (χ4v) is 1.47. The molecule has 1 amide bonds. The molecule has 0 aromatic carbocycles. The van der Waals surface area contributed by atoms with Crippen molar-refractivity contribution in [1.29, 1.82) is 0 Å². The highest BCUT2D eigenvalue weighted by Crippen LogP contribution is 2.22. The van der Waals surface area contributed by atoms with Gasteiger partial charge in [-0.1, -0.05) is 15.9 Å². The molecule has 0 radical (unpaired) electrons. The van der Waals surface area contributed by atoms with Crippen molar-refractivity contribution >= 4 is 38.8 Å². The van der Waals surface area contributed by atoms with E-state index in [4.69, 9.17) is 0 Å². The summed E-state index contributed by atoms with van der Waals surface area (Å²) < 4.78 is 20.6. The summed E-state index contributed by atoms with van der Waals surface area (Å²) in [7, 11) is 0.814. The summed E-state index contributed by atoms with van der Waals surface area (Å²) in [6, 6.07) is 0. The van der Waals surface area contributed by atoms with Gasteiger partial charge in [0.15, 0.2) is 22.4 Å². The first kappa shape index (κ1) is 11.2. The molecule has 0 spiro atoms. The van der Waals surface area contributed by atoms with E-state index in [1.165, 1.54) is 7.05 Å². The molecule has 62 valence electrons. The highest BCUT2D eigenvalue weighted by atomic mass is 79.9. The minimum Gasteiger partial charge on any atom is -0.321 e. The number of alkyl halides is 1. The first-order valence-corrected chi connectivity index (χ1v) is 5.52. The lowest BCUT2D eigenvalue weighted by Gasteiger charge is -2.15. The summed E-state index contributed by atoms with van der Waals surface area (Å²) in [6.07, 6.45) is 0. The Bertz CT molecular complexity index is 169. The lowest BCUT2D eigenvalue weighted by atomic mass is 10.6. The maximum Gasteiger partial charge on any atom is 0.234 e. The molecule has 0 fully saturated rings. The molecule has 0 aromatic rings. The molecule has 0 saturated carbocycles. The van der Waals surface area contributed by atoms with Gasteiger partial charge in [-0.05, 0) is 0 Å².